The zero-order valence-corrected chi connectivity index (χ0v) is 19.3. The quantitative estimate of drug-likeness (QED) is 0.502. The number of carbonyl (C=O) groups excluding carboxylic acids is 2. The Kier molecular flexibility index (Phi) is 5.25. The lowest BCUT2D eigenvalue weighted by atomic mass is 9.86. The van der Waals surface area contributed by atoms with Gasteiger partial charge in [0.15, 0.2) is 11.5 Å². The molecule has 2 amide bonds. The van der Waals surface area contributed by atoms with Crippen molar-refractivity contribution >= 4 is 32.8 Å². The molecule has 0 radical (unpaired) electrons. The van der Waals surface area contributed by atoms with E-state index in [1.165, 1.54) is 4.90 Å². The number of carbonyl (C=O) groups is 2. The van der Waals surface area contributed by atoms with Crippen LogP contribution in [-0.2, 0) is 26.1 Å². The van der Waals surface area contributed by atoms with Gasteiger partial charge in [0, 0.05) is 30.1 Å². The van der Waals surface area contributed by atoms with Crippen LogP contribution in [0, 0.1) is 0 Å². The number of aromatic amines is 1. The van der Waals surface area contributed by atoms with Crippen molar-refractivity contribution in [1.82, 2.24) is 14.8 Å². The number of rotatable bonds is 1. The predicted molar refractivity (Wildman–Crippen MR) is 122 cm³/mol. The van der Waals surface area contributed by atoms with Gasteiger partial charge in [-0.05, 0) is 29.3 Å². The van der Waals surface area contributed by atoms with E-state index in [-0.39, 0.29) is 31.2 Å². The minimum absolute atomic E-state index is 0.0220. The third kappa shape index (κ3) is 3.86. The average molecular weight is 486 g/mol. The third-order valence-corrected chi connectivity index (χ3v) is 6.17. The van der Waals surface area contributed by atoms with Gasteiger partial charge in [-0.1, -0.05) is 24.3 Å². The fourth-order valence-corrected chi connectivity index (χ4v) is 4.84. The molecule has 2 atom stereocenters. The van der Waals surface area contributed by atoms with Gasteiger partial charge in [-0.25, -0.2) is 0 Å². The van der Waals surface area contributed by atoms with E-state index >= 15 is 0 Å². The molecule has 1 aromatic heterocycles. The van der Waals surface area contributed by atoms with E-state index in [1.54, 1.807) is 11.9 Å². The van der Waals surface area contributed by atoms with Crippen LogP contribution in [0.5, 0.6) is 11.5 Å². The van der Waals surface area contributed by atoms with E-state index in [1.807, 2.05) is 36.4 Å². The molecule has 2 aromatic carbocycles. The highest BCUT2D eigenvalue weighted by Gasteiger charge is 2.47. The van der Waals surface area contributed by atoms with Crippen molar-refractivity contribution in [2.45, 2.75) is 18.5 Å². The van der Waals surface area contributed by atoms with Crippen LogP contribution in [0.15, 0.2) is 42.5 Å². The molecule has 4 heterocycles. The van der Waals surface area contributed by atoms with Crippen LogP contribution in [-0.4, -0.2) is 72.3 Å². The first-order chi connectivity index (χ1) is 16.1. The van der Waals surface area contributed by atoms with Gasteiger partial charge in [0.05, 0.1) is 18.8 Å². The lowest BCUT2D eigenvalue weighted by molar-refractivity contribution is -0.157. The highest BCUT2D eigenvalue weighted by atomic mass is 32.2. The van der Waals surface area contributed by atoms with Gasteiger partial charge in [-0.2, -0.15) is 8.42 Å². The summed E-state index contributed by atoms with van der Waals surface area (Å²) >= 11 is 0. The molecule has 3 aromatic rings. The molecule has 1 fully saturated rings. The Morgan fingerprint density at radius 2 is 1.79 bits per heavy atom. The van der Waals surface area contributed by atoms with Crippen LogP contribution >= 0.6 is 0 Å². The largest absolute Gasteiger partial charge is 0.454 e. The van der Waals surface area contributed by atoms with Crippen molar-refractivity contribution in [3.8, 4) is 11.5 Å². The van der Waals surface area contributed by atoms with Crippen molar-refractivity contribution in [1.29, 1.82) is 0 Å². The minimum atomic E-state index is -3.67. The number of amides is 2. The molecule has 3 aliphatic heterocycles. The average Bonchev–Trinajstić information content (AvgIpc) is 3.39. The summed E-state index contributed by atoms with van der Waals surface area (Å²) in [5.74, 6) is 1.28. The van der Waals surface area contributed by atoms with Gasteiger partial charge in [0.2, 0.25) is 18.6 Å². The standard InChI is InChI=1S/C22H19N3O4.CH4O3S/c1-24-10-19(26)25-16(22(24)27)9-14-13-4-2-3-5-15(13)23-20(14)21(25)12-6-7-17-18(8-12)29-11-28-17;1-5(2,3)4/h2-8,16,21,23H,9-11H2,1H3;1H3,(H,2,3,4)/t16-,21-;/m1./s1. The molecule has 34 heavy (non-hydrogen) atoms. The first kappa shape index (κ1) is 22.2. The molecule has 0 aliphatic carbocycles. The number of nitrogens with zero attached hydrogens (tertiary/aromatic N) is 2. The lowest BCUT2D eigenvalue weighted by Gasteiger charge is -2.46. The fraction of sp³-hybridized carbons (Fsp3) is 0.304. The number of hydrogen-bond acceptors (Lipinski definition) is 6. The van der Waals surface area contributed by atoms with Crippen LogP contribution in [0.25, 0.3) is 10.9 Å². The number of ether oxygens (including phenoxy) is 2. The number of piperazine rings is 1. The Morgan fingerprint density at radius 3 is 2.56 bits per heavy atom. The van der Waals surface area contributed by atoms with Gasteiger partial charge in [-0.15, -0.1) is 0 Å². The van der Waals surface area contributed by atoms with Crippen molar-refractivity contribution in [2.24, 2.45) is 0 Å². The molecule has 2 N–H and O–H groups in total. The first-order valence-electron chi connectivity index (χ1n) is 10.6. The number of fused-ring (bicyclic) bond motifs is 5. The molecule has 0 unspecified atom stereocenters. The zero-order chi connectivity index (χ0) is 24.2. The number of H-pyrrole nitrogens is 1. The van der Waals surface area contributed by atoms with Crippen molar-refractivity contribution in [3.05, 3.63) is 59.3 Å². The predicted octanol–water partition coefficient (Wildman–Crippen LogP) is 1.72. The minimum Gasteiger partial charge on any atom is -0.454 e. The van der Waals surface area contributed by atoms with Crippen LogP contribution in [0.2, 0.25) is 0 Å². The lowest BCUT2D eigenvalue weighted by Crippen LogP contribution is -2.62. The molecule has 1 saturated heterocycles. The highest BCUT2D eigenvalue weighted by Crippen LogP contribution is 2.44. The Bertz CT molecular complexity index is 1410. The maximum absolute atomic E-state index is 13.1. The second-order valence-electron chi connectivity index (χ2n) is 8.53. The smallest absolute Gasteiger partial charge is 0.261 e. The number of nitrogens with one attached hydrogen (secondary N) is 1. The molecule has 0 spiro atoms. The van der Waals surface area contributed by atoms with Crippen LogP contribution < -0.4 is 9.47 Å². The third-order valence-electron chi connectivity index (χ3n) is 6.17. The van der Waals surface area contributed by atoms with Crippen LogP contribution in [0.4, 0.5) is 0 Å². The second kappa shape index (κ2) is 8.03. The summed E-state index contributed by atoms with van der Waals surface area (Å²) in [6.45, 7) is 0.279. The number of hydrogen-bond donors (Lipinski definition) is 2. The van der Waals surface area contributed by atoms with Gasteiger partial charge in [0.25, 0.3) is 10.1 Å². The molecule has 0 saturated carbocycles. The first-order valence-corrected chi connectivity index (χ1v) is 12.4. The monoisotopic (exact) mass is 485 g/mol. The maximum atomic E-state index is 13.1. The summed E-state index contributed by atoms with van der Waals surface area (Å²) in [5, 5.41) is 1.10. The second-order valence-corrected chi connectivity index (χ2v) is 9.99. The zero-order valence-electron chi connectivity index (χ0n) is 18.5. The van der Waals surface area contributed by atoms with Crippen LogP contribution in [0.1, 0.15) is 22.9 Å². The summed E-state index contributed by atoms with van der Waals surface area (Å²) in [4.78, 5) is 32.9. The molecule has 3 aliphatic rings. The normalized spacial score (nSPS) is 21.1. The molecular weight excluding hydrogens is 462 g/mol. The van der Waals surface area contributed by atoms with Gasteiger partial charge in [0.1, 0.15) is 6.04 Å². The van der Waals surface area contributed by atoms with Crippen molar-refractivity contribution in [3.63, 3.8) is 0 Å². The van der Waals surface area contributed by atoms with E-state index in [2.05, 4.69) is 11.1 Å². The van der Waals surface area contributed by atoms with Crippen molar-refractivity contribution in [2.75, 3.05) is 26.6 Å². The van der Waals surface area contributed by atoms with E-state index in [0.717, 1.165) is 27.7 Å². The number of likely N-dealkylation sites (N-methyl/N-ethyl adjacent to an activating group) is 1. The molecule has 11 heteroatoms. The Morgan fingerprint density at radius 1 is 1.09 bits per heavy atom. The van der Waals surface area contributed by atoms with E-state index in [0.29, 0.717) is 24.2 Å². The molecule has 0 bridgehead atoms. The summed E-state index contributed by atoms with van der Waals surface area (Å²) in [5.41, 5.74) is 3.97. The molecule has 178 valence electrons. The Balaban J connectivity index is 0.000000439. The fourth-order valence-electron chi connectivity index (χ4n) is 4.84. The number of para-hydroxylation sites is 1. The number of benzene rings is 2. The Labute approximate surface area is 195 Å². The SMILES string of the molecule is CN1CC(=O)N2[C@H](c3ccc4c(c3)OCO4)c3[nH]c4ccccc4c3C[C@@H]2C1=O.CS(=O)(=O)O. The van der Waals surface area contributed by atoms with Gasteiger partial charge < -0.3 is 24.3 Å². The van der Waals surface area contributed by atoms with E-state index in [4.69, 9.17) is 14.0 Å². The summed E-state index contributed by atoms with van der Waals surface area (Å²) in [7, 11) is -1.97. The maximum Gasteiger partial charge on any atom is 0.261 e. The molecular formula is C23H23N3O7S. The van der Waals surface area contributed by atoms with E-state index < -0.39 is 16.2 Å². The molecule has 10 nitrogen and oxygen atoms in total. The van der Waals surface area contributed by atoms with Crippen LogP contribution in [0.3, 0.4) is 0 Å². The Hall–Kier alpha value is -3.57. The number of aromatic nitrogens is 1. The highest BCUT2D eigenvalue weighted by molar-refractivity contribution is 7.85. The summed E-state index contributed by atoms with van der Waals surface area (Å²) < 4.78 is 36.9. The van der Waals surface area contributed by atoms with Gasteiger partial charge in [-0.3, -0.25) is 14.1 Å². The molecule has 6 rings (SSSR count). The summed E-state index contributed by atoms with van der Waals surface area (Å²) in [6.07, 6.45) is 1.22. The van der Waals surface area contributed by atoms with E-state index in [9.17, 15) is 18.0 Å². The van der Waals surface area contributed by atoms with Crippen molar-refractivity contribution < 1.29 is 32.0 Å². The summed E-state index contributed by atoms with van der Waals surface area (Å²) in [6, 6.07) is 12.9. The van der Waals surface area contributed by atoms with Gasteiger partial charge >= 0.3 is 0 Å². The topological polar surface area (TPSA) is 129 Å².